The maximum atomic E-state index is 12.3. The van der Waals surface area contributed by atoms with Crippen molar-refractivity contribution in [1.82, 2.24) is 5.32 Å². The Morgan fingerprint density at radius 2 is 1.67 bits per heavy atom. The van der Waals surface area contributed by atoms with Gasteiger partial charge in [0.25, 0.3) is 5.91 Å². The van der Waals surface area contributed by atoms with Gasteiger partial charge < -0.3 is 24.8 Å². The first kappa shape index (κ1) is 22.9. The minimum absolute atomic E-state index is 0.181. The molecule has 0 aromatic heterocycles. The number of para-hydroxylation sites is 1. The van der Waals surface area contributed by atoms with E-state index >= 15 is 0 Å². The first-order valence-electron chi connectivity index (χ1n) is 9.48. The van der Waals surface area contributed by atoms with E-state index in [9.17, 15) is 14.4 Å². The number of aryl methyl sites for hydroxylation is 1. The molecule has 2 aromatic rings. The Kier molecular flexibility index (Phi) is 9.33. The van der Waals surface area contributed by atoms with Crippen LogP contribution < -0.4 is 15.4 Å². The maximum absolute atomic E-state index is 12.3. The smallest absolute Gasteiger partial charge is 0.340 e. The molecule has 2 amide bonds. The Hall–Kier alpha value is -3.39. The third-order valence-electron chi connectivity index (χ3n) is 4.18. The average molecular weight is 414 g/mol. The van der Waals surface area contributed by atoms with Crippen molar-refractivity contribution < 1.29 is 28.6 Å². The molecule has 0 aliphatic heterocycles. The van der Waals surface area contributed by atoms with Crippen molar-refractivity contribution in [2.24, 2.45) is 0 Å². The molecule has 0 saturated carbocycles. The fraction of sp³-hybridized carbons (Fsp3) is 0.318. The van der Waals surface area contributed by atoms with Crippen LogP contribution in [-0.4, -0.2) is 51.8 Å². The van der Waals surface area contributed by atoms with Crippen LogP contribution in [0.2, 0.25) is 0 Å². The molecule has 0 unspecified atom stereocenters. The molecule has 8 nitrogen and oxygen atoms in total. The van der Waals surface area contributed by atoms with Crippen LogP contribution >= 0.6 is 0 Å². The van der Waals surface area contributed by atoms with Crippen molar-refractivity contribution in [1.29, 1.82) is 0 Å². The summed E-state index contributed by atoms with van der Waals surface area (Å²) in [6.07, 6.45) is 0.793. The number of hydrogen-bond donors (Lipinski definition) is 2. The predicted octanol–water partition coefficient (Wildman–Crippen LogP) is 2.19. The molecule has 0 fully saturated rings. The van der Waals surface area contributed by atoms with E-state index in [0.717, 1.165) is 11.3 Å². The fourth-order valence-electron chi connectivity index (χ4n) is 2.59. The quantitative estimate of drug-likeness (QED) is 0.432. The molecule has 0 spiro atoms. The van der Waals surface area contributed by atoms with Gasteiger partial charge in [0, 0.05) is 20.1 Å². The Morgan fingerprint density at radius 3 is 2.37 bits per heavy atom. The van der Waals surface area contributed by atoms with Crippen molar-refractivity contribution >= 4 is 23.5 Å². The summed E-state index contributed by atoms with van der Waals surface area (Å²) in [5, 5.41) is 5.29. The SMILES string of the molecule is COCCNC(=O)COC(=O)c1ccccc1NC(=O)CCc1ccc(OC)cc1. The van der Waals surface area contributed by atoms with Gasteiger partial charge in [0.1, 0.15) is 5.75 Å². The Bertz CT molecular complexity index is 851. The minimum Gasteiger partial charge on any atom is -0.497 e. The van der Waals surface area contributed by atoms with Gasteiger partial charge in [0.15, 0.2) is 6.61 Å². The number of benzene rings is 2. The van der Waals surface area contributed by atoms with E-state index in [2.05, 4.69) is 10.6 Å². The number of ether oxygens (including phenoxy) is 3. The van der Waals surface area contributed by atoms with E-state index < -0.39 is 18.5 Å². The van der Waals surface area contributed by atoms with E-state index in [1.165, 1.54) is 13.2 Å². The van der Waals surface area contributed by atoms with Crippen molar-refractivity contribution in [3.05, 3.63) is 59.7 Å². The summed E-state index contributed by atoms with van der Waals surface area (Å²) >= 11 is 0. The molecule has 0 radical (unpaired) electrons. The zero-order valence-corrected chi connectivity index (χ0v) is 17.1. The summed E-state index contributed by atoms with van der Waals surface area (Å²) in [6.45, 7) is 0.279. The number of esters is 1. The lowest BCUT2D eigenvalue weighted by molar-refractivity contribution is -0.124. The second kappa shape index (κ2) is 12.2. The van der Waals surface area contributed by atoms with Gasteiger partial charge in [-0.25, -0.2) is 4.79 Å². The predicted molar refractivity (Wildman–Crippen MR) is 112 cm³/mol. The van der Waals surface area contributed by atoms with Crippen LogP contribution in [-0.2, 0) is 25.5 Å². The molecule has 30 heavy (non-hydrogen) atoms. The van der Waals surface area contributed by atoms with Crippen molar-refractivity contribution in [2.75, 3.05) is 39.3 Å². The molecule has 0 aliphatic carbocycles. The summed E-state index contributed by atoms with van der Waals surface area (Å²) in [4.78, 5) is 36.3. The van der Waals surface area contributed by atoms with Crippen molar-refractivity contribution in [3.63, 3.8) is 0 Å². The van der Waals surface area contributed by atoms with Crippen LogP contribution in [0, 0.1) is 0 Å². The van der Waals surface area contributed by atoms with Gasteiger partial charge in [-0.3, -0.25) is 9.59 Å². The fourth-order valence-corrected chi connectivity index (χ4v) is 2.59. The normalized spacial score (nSPS) is 10.2. The zero-order valence-electron chi connectivity index (χ0n) is 17.1. The van der Waals surface area contributed by atoms with Crippen LogP contribution in [0.5, 0.6) is 5.75 Å². The summed E-state index contributed by atoms with van der Waals surface area (Å²) in [5.74, 6) is -0.601. The number of nitrogens with one attached hydrogen (secondary N) is 2. The molecule has 2 aromatic carbocycles. The first-order valence-corrected chi connectivity index (χ1v) is 9.48. The topological polar surface area (TPSA) is 103 Å². The minimum atomic E-state index is -0.692. The maximum Gasteiger partial charge on any atom is 0.340 e. The van der Waals surface area contributed by atoms with E-state index in [-0.39, 0.29) is 17.9 Å². The second-order valence-corrected chi connectivity index (χ2v) is 6.36. The van der Waals surface area contributed by atoms with Crippen molar-refractivity contribution in [3.8, 4) is 5.75 Å². The molecule has 0 heterocycles. The molecule has 160 valence electrons. The lowest BCUT2D eigenvalue weighted by Crippen LogP contribution is -2.31. The number of carbonyl (C=O) groups excluding carboxylic acids is 3. The highest BCUT2D eigenvalue weighted by Crippen LogP contribution is 2.17. The summed E-state index contributed by atoms with van der Waals surface area (Å²) in [7, 11) is 3.12. The number of anilines is 1. The second-order valence-electron chi connectivity index (χ2n) is 6.36. The molecule has 0 bridgehead atoms. The monoisotopic (exact) mass is 414 g/mol. The molecule has 2 rings (SSSR count). The van der Waals surface area contributed by atoms with Crippen LogP contribution in [0.3, 0.4) is 0 Å². The third-order valence-corrected chi connectivity index (χ3v) is 4.18. The first-order chi connectivity index (χ1) is 14.5. The number of rotatable bonds is 11. The van der Waals surface area contributed by atoms with Gasteiger partial charge in [-0.1, -0.05) is 24.3 Å². The molecular formula is C22H26N2O6. The molecule has 2 N–H and O–H groups in total. The number of hydrogen-bond acceptors (Lipinski definition) is 6. The molecule has 0 atom stereocenters. The van der Waals surface area contributed by atoms with Gasteiger partial charge in [0.2, 0.25) is 5.91 Å². The number of amides is 2. The average Bonchev–Trinajstić information content (AvgIpc) is 2.77. The highest BCUT2D eigenvalue weighted by atomic mass is 16.5. The van der Waals surface area contributed by atoms with E-state index in [1.54, 1.807) is 25.3 Å². The summed E-state index contributed by atoms with van der Waals surface area (Å²) in [6, 6.07) is 14.0. The highest BCUT2D eigenvalue weighted by Gasteiger charge is 2.16. The third kappa shape index (κ3) is 7.56. The van der Waals surface area contributed by atoms with Crippen LogP contribution in [0.1, 0.15) is 22.3 Å². The molecular weight excluding hydrogens is 388 g/mol. The number of carbonyl (C=O) groups is 3. The molecule has 0 aliphatic rings. The van der Waals surface area contributed by atoms with Crippen LogP contribution in [0.15, 0.2) is 48.5 Å². The Balaban J connectivity index is 1.87. The highest BCUT2D eigenvalue weighted by molar-refractivity contribution is 6.01. The zero-order chi connectivity index (χ0) is 21.8. The molecule has 0 saturated heterocycles. The van der Waals surface area contributed by atoms with Gasteiger partial charge >= 0.3 is 5.97 Å². The Labute approximate surface area is 175 Å². The van der Waals surface area contributed by atoms with Crippen LogP contribution in [0.4, 0.5) is 5.69 Å². The van der Waals surface area contributed by atoms with Gasteiger partial charge in [0.05, 0.1) is 25.0 Å². The Morgan fingerprint density at radius 1 is 0.933 bits per heavy atom. The largest absolute Gasteiger partial charge is 0.497 e. The van der Waals surface area contributed by atoms with Crippen molar-refractivity contribution in [2.45, 2.75) is 12.8 Å². The van der Waals surface area contributed by atoms with Crippen LogP contribution in [0.25, 0.3) is 0 Å². The lowest BCUT2D eigenvalue weighted by atomic mass is 10.1. The molecule has 8 heteroatoms. The van der Waals surface area contributed by atoms with E-state index in [1.807, 2.05) is 24.3 Å². The van der Waals surface area contributed by atoms with E-state index in [4.69, 9.17) is 14.2 Å². The van der Waals surface area contributed by atoms with Gasteiger partial charge in [-0.05, 0) is 36.2 Å². The summed E-state index contributed by atoms with van der Waals surface area (Å²) in [5.41, 5.74) is 1.51. The standard InChI is InChI=1S/C22H26N2O6/c1-28-14-13-23-21(26)15-30-22(27)18-5-3-4-6-19(18)24-20(25)12-9-16-7-10-17(29-2)11-8-16/h3-8,10-11H,9,12-15H2,1-2H3,(H,23,26)(H,24,25). The van der Waals surface area contributed by atoms with E-state index in [0.29, 0.717) is 25.3 Å². The summed E-state index contributed by atoms with van der Waals surface area (Å²) < 4.78 is 15.0. The van der Waals surface area contributed by atoms with Gasteiger partial charge in [-0.15, -0.1) is 0 Å². The number of methoxy groups -OCH3 is 2. The lowest BCUT2D eigenvalue weighted by Gasteiger charge is -2.11. The van der Waals surface area contributed by atoms with Gasteiger partial charge in [-0.2, -0.15) is 0 Å².